The first-order valence-electron chi connectivity index (χ1n) is 5.05. The first-order valence-corrected chi connectivity index (χ1v) is 5.43. The van der Waals surface area contributed by atoms with Crippen molar-refractivity contribution >= 4 is 22.5 Å². The van der Waals surface area contributed by atoms with Crippen LogP contribution in [-0.4, -0.2) is 4.98 Å². The minimum absolute atomic E-state index is 0.182. The Morgan fingerprint density at radius 2 is 2.12 bits per heavy atom. The Morgan fingerprint density at radius 1 is 1.44 bits per heavy atom. The molecule has 0 aliphatic heterocycles. The molecule has 1 N–H and O–H groups in total. The van der Waals surface area contributed by atoms with Crippen molar-refractivity contribution in [2.45, 2.75) is 20.3 Å². The molecule has 0 fully saturated rings. The van der Waals surface area contributed by atoms with Gasteiger partial charge in [-0.25, -0.2) is 4.39 Å². The minimum Gasteiger partial charge on any atom is -0.356 e. The molecule has 0 bridgehead atoms. The van der Waals surface area contributed by atoms with Crippen LogP contribution in [0.25, 0.3) is 10.9 Å². The van der Waals surface area contributed by atoms with E-state index in [0.717, 1.165) is 0 Å². The third-order valence-corrected chi connectivity index (χ3v) is 3.04. The maximum atomic E-state index is 13.5. The van der Waals surface area contributed by atoms with Crippen LogP contribution in [0.2, 0.25) is 5.02 Å². The maximum Gasteiger partial charge on any atom is 0.194 e. The highest BCUT2D eigenvalue weighted by atomic mass is 35.5. The molecule has 16 heavy (non-hydrogen) atoms. The normalized spacial score (nSPS) is 11.0. The van der Waals surface area contributed by atoms with Crippen molar-refractivity contribution in [2.24, 2.45) is 0 Å². The zero-order valence-electron chi connectivity index (χ0n) is 9.03. The van der Waals surface area contributed by atoms with Crippen LogP contribution in [0.1, 0.15) is 18.2 Å². The number of H-pyrrole nitrogens is 1. The molecule has 1 heterocycles. The van der Waals surface area contributed by atoms with Crippen molar-refractivity contribution in [1.29, 1.82) is 0 Å². The fourth-order valence-electron chi connectivity index (χ4n) is 1.91. The first-order chi connectivity index (χ1) is 7.56. The van der Waals surface area contributed by atoms with Gasteiger partial charge in [0.25, 0.3) is 0 Å². The molecule has 2 nitrogen and oxygen atoms in total. The van der Waals surface area contributed by atoms with Crippen LogP contribution in [0.3, 0.4) is 0 Å². The molecular formula is C12H11ClFNO. The van der Waals surface area contributed by atoms with E-state index in [0.29, 0.717) is 17.7 Å². The van der Waals surface area contributed by atoms with Crippen LogP contribution in [0.4, 0.5) is 4.39 Å². The molecule has 0 saturated heterocycles. The molecule has 84 valence electrons. The number of nitrogens with one attached hydrogen (secondary N) is 1. The molecule has 0 radical (unpaired) electrons. The molecule has 0 aliphatic rings. The largest absolute Gasteiger partial charge is 0.356 e. The standard InChI is InChI=1S/C12H11ClFNO/c1-3-7-6(2)15-11-9(14)5-4-8(13)10(11)12(7)16/h4-5H,3H2,1-2H3,(H,15,16). The van der Waals surface area contributed by atoms with Gasteiger partial charge in [0.05, 0.1) is 15.9 Å². The summed E-state index contributed by atoms with van der Waals surface area (Å²) in [5.41, 5.74) is 1.35. The van der Waals surface area contributed by atoms with Crippen molar-refractivity contribution in [3.05, 3.63) is 44.5 Å². The average molecular weight is 240 g/mol. The van der Waals surface area contributed by atoms with Crippen LogP contribution in [0, 0.1) is 12.7 Å². The Labute approximate surface area is 97.1 Å². The topological polar surface area (TPSA) is 32.9 Å². The lowest BCUT2D eigenvalue weighted by Crippen LogP contribution is -2.13. The van der Waals surface area contributed by atoms with E-state index in [2.05, 4.69) is 4.98 Å². The molecule has 1 aromatic carbocycles. The highest BCUT2D eigenvalue weighted by Gasteiger charge is 2.13. The van der Waals surface area contributed by atoms with Crippen LogP contribution in [0.15, 0.2) is 16.9 Å². The molecule has 0 aliphatic carbocycles. The predicted molar refractivity (Wildman–Crippen MR) is 63.7 cm³/mol. The van der Waals surface area contributed by atoms with Gasteiger partial charge in [-0.15, -0.1) is 0 Å². The SMILES string of the molecule is CCc1c(C)[nH]c2c(F)ccc(Cl)c2c1=O. The van der Waals surface area contributed by atoms with Gasteiger partial charge in [0.2, 0.25) is 0 Å². The second kappa shape index (κ2) is 3.91. The summed E-state index contributed by atoms with van der Waals surface area (Å²) >= 11 is 5.93. The van der Waals surface area contributed by atoms with Crippen LogP contribution >= 0.6 is 11.6 Å². The average Bonchev–Trinajstić information content (AvgIpc) is 2.24. The number of rotatable bonds is 1. The molecule has 1 aromatic heterocycles. The van der Waals surface area contributed by atoms with E-state index in [-0.39, 0.29) is 21.4 Å². The van der Waals surface area contributed by atoms with Crippen molar-refractivity contribution < 1.29 is 4.39 Å². The monoisotopic (exact) mass is 239 g/mol. The zero-order chi connectivity index (χ0) is 11.9. The summed E-state index contributed by atoms with van der Waals surface area (Å²) in [7, 11) is 0. The van der Waals surface area contributed by atoms with Crippen molar-refractivity contribution in [3.63, 3.8) is 0 Å². The van der Waals surface area contributed by atoms with Crippen molar-refractivity contribution in [3.8, 4) is 0 Å². The highest BCUT2D eigenvalue weighted by Crippen LogP contribution is 2.22. The maximum absolute atomic E-state index is 13.5. The second-order valence-electron chi connectivity index (χ2n) is 3.69. The summed E-state index contributed by atoms with van der Waals surface area (Å²) < 4.78 is 13.5. The Hall–Kier alpha value is -1.35. The van der Waals surface area contributed by atoms with Gasteiger partial charge in [0, 0.05) is 11.3 Å². The number of benzene rings is 1. The van der Waals surface area contributed by atoms with Crippen molar-refractivity contribution in [1.82, 2.24) is 4.98 Å². The Bertz CT molecular complexity index is 618. The van der Waals surface area contributed by atoms with Gasteiger partial charge >= 0.3 is 0 Å². The summed E-state index contributed by atoms with van der Waals surface area (Å²) in [6.45, 7) is 3.65. The number of fused-ring (bicyclic) bond motifs is 1. The number of aryl methyl sites for hydroxylation is 1. The molecule has 0 amide bonds. The summed E-state index contributed by atoms with van der Waals surface area (Å²) in [5, 5.41) is 0.525. The number of pyridine rings is 1. The van der Waals surface area contributed by atoms with E-state index < -0.39 is 5.82 Å². The predicted octanol–water partition coefficient (Wildman–Crippen LogP) is 3.19. The summed E-state index contributed by atoms with van der Waals surface area (Å²) in [4.78, 5) is 15.0. The lowest BCUT2D eigenvalue weighted by molar-refractivity contribution is 0.636. The van der Waals surface area contributed by atoms with E-state index >= 15 is 0 Å². The van der Waals surface area contributed by atoms with Gasteiger partial charge in [0.15, 0.2) is 5.43 Å². The Morgan fingerprint density at radius 3 is 2.75 bits per heavy atom. The van der Waals surface area contributed by atoms with Gasteiger partial charge < -0.3 is 4.98 Å². The smallest absolute Gasteiger partial charge is 0.194 e. The Balaban J connectivity index is 3.05. The number of hydrogen-bond donors (Lipinski definition) is 1. The fraction of sp³-hybridized carbons (Fsp3) is 0.250. The zero-order valence-corrected chi connectivity index (χ0v) is 9.78. The summed E-state index contributed by atoms with van der Waals surface area (Å²) in [5.74, 6) is -0.456. The molecule has 0 atom stereocenters. The van der Waals surface area contributed by atoms with E-state index in [9.17, 15) is 9.18 Å². The number of aromatic nitrogens is 1. The summed E-state index contributed by atoms with van der Waals surface area (Å²) in [6, 6.07) is 2.66. The molecule has 2 aromatic rings. The van der Waals surface area contributed by atoms with Gasteiger partial charge in [-0.05, 0) is 25.5 Å². The molecule has 4 heteroatoms. The van der Waals surface area contributed by atoms with Gasteiger partial charge in [-0.1, -0.05) is 18.5 Å². The molecule has 0 spiro atoms. The molecule has 0 saturated carbocycles. The number of halogens is 2. The van der Waals surface area contributed by atoms with E-state index in [1.807, 2.05) is 6.92 Å². The number of aromatic amines is 1. The third-order valence-electron chi connectivity index (χ3n) is 2.72. The third kappa shape index (κ3) is 1.52. The second-order valence-corrected chi connectivity index (χ2v) is 4.10. The van der Waals surface area contributed by atoms with Gasteiger partial charge in [-0.2, -0.15) is 0 Å². The van der Waals surface area contributed by atoms with Gasteiger partial charge in [-0.3, -0.25) is 4.79 Å². The van der Waals surface area contributed by atoms with Crippen LogP contribution < -0.4 is 5.43 Å². The van der Waals surface area contributed by atoms with E-state index in [4.69, 9.17) is 11.6 Å². The lowest BCUT2D eigenvalue weighted by atomic mass is 10.1. The molecular weight excluding hydrogens is 229 g/mol. The van der Waals surface area contributed by atoms with E-state index in [1.165, 1.54) is 12.1 Å². The van der Waals surface area contributed by atoms with Gasteiger partial charge in [0.1, 0.15) is 5.82 Å². The number of hydrogen-bond acceptors (Lipinski definition) is 1. The molecule has 0 unspecified atom stereocenters. The minimum atomic E-state index is -0.456. The summed E-state index contributed by atoms with van der Waals surface area (Å²) in [6.07, 6.45) is 0.601. The lowest BCUT2D eigenvalue weighted by Gasteiger charge is -2.07. The quantitative estimate of drug-likeness (QED) is 0.815. The Kier molecular flexibility index (Phi) is 2.72. The molecule has 2 rings (SSSR count). The van der Waals surface area contributed by atoms with E-state index in [1.54, 1.807) is 6.92 Å². The fourth-order valence-corrected chi connectivity index (χ4v) is 2.15. The highest BCUT2D eigenvalue weighted by molar-refractivity contribution is 6.35. The first kappa shape index (κ1) is 11.1. The van der Waals surface area contributed by atoms with Crippen molar-refractivity contribution in [2.75, 3.05) is 0 Å². The van der Waals surface area contributed by atoms with Crippen LogP contribution in [0.5, 0.6) is 0 Å². The van der Waals surface area contributed by atoms with Crippen LogP contribution in [-0.2, 0) is 6.42 Å².